The van der Waals surface area contributed by atoms with Crippen molar-refractivity contribution in [3.05, 3.63) is 34.2 Å². The van der Waals surface area contributed by atoms with Crippen LogP contribution in [0.25, 0.3) is 0 Å². The van der Waals surface area contributed by atoms with Crippen molar-refractivity contribution in [3.63, 3.8) is 0 Å². The Kier molecular flexibility index (Phi) is 5.72. The van der Waals surface area contributed by atoms with Gasteiger partial charge in [-0.1, -0.05) is 0 Å². The predicted octanol–water partition coefficient (Wildman–Crippen LogP) is 0.749. The molecule has 1 amide bonds. The van der Waals surface area contributed by atoms with Gasteiger partial charge in [0.15, 0.2) is 0 Å². The molecular weight excluding hydrogens is 244 g/mol. The Balaban J connectivity index is 2.63. The average molecular weight is 259 g/mol. The summed E-state index contributed by atoms with van der Waals surface area (Å²) in [6.45, 7) is 0.405. The lowest BCUT2D eigenvalue weighted by molar-refractivity contribution is 0.0895. The number of halogens is 1. The lowest BCUT2D eigenvalue weighted by atomic mass is 10.2. The molecule has 0 fully saturated rings. The third-order valence-corrected chi connectivity index (χ3v) is 2.43. The second-order valence-corrected chi connectivity index (χ2v) is 3.92. The number of pyridine rings is 1. The van der Waals surface area contributed by atoms with Gasteiger partial charge in [-0.3, -0.25) is 9.59 Å². The Labute approximate surface area is 104 Å². The van der Waals surface area contributed by atoms with Gasteiger partial charge in [0.2, 0.25) is 5.56 Å². The van der Waals surface area contributed by atoms with Gasteiger partial charge in [-0.2, -0.15) is 0 Å². The monoisotopic (exact) mass is 258 g/mol. The van der Waals surface area contributed by atoms with Crippen molar-refractivity contribution in [2.24, 2.45) is 0 Å². The number of H-pyrrole nitrogens is 1. The molecule has 0 saturated carbocycles. The third kappa shape index (κ3) is 4.58. The largest absolute Gasteiger partial charge is 0.383 e. The molecule has 0 aliphatic carbocycles. The topological polar surface area (TPSA) is 71.2 Å². The van der Waals surface area contributed by atoms with Crippen LogP contribution in [-0.2, 0) is 4.74 Å². The van der Waals surface area contributed by atoms with Gasteiger partial charge in [0.1, 0.15) is 0 Å². The number of ether oxygens (including phenoxy) is 1. The minimum atomic E-state index is -0.256. The van der Waals surface area contributed by atoms with Gasteiger partial charge in [-0.15, -0.1) is 11.6 Å². The number of nitrogens with one attached hydrogen (secondary N) is 2. The van der Waals surface area contributed by atoms with Gasteiger partial charge in [-0.05, 0) is 12.5 Å². The first-order chi connectivity index (χ1) is 8.17. The summed E-state index contributed by atoms with van der Waals surface area (Å²) in [7, 11) is 1.56. The SMILES string of the molecule is COCC(CCCl)NC(=O)c1ccc(=O)[nH]c1. The molecule has 0 saturated heterocycles. The number of aromatic amines is 1. The highest BCUT2D eigenvalue weighted by atomic mass is 35.5. The summed E-state index contributed by atoms with van der Waals surface area (Å²) in [5.74, 6) is 0.188. The first-order valence-corrected chi connectivity index (χ1v) is 5.75. The molecule has 1 aromatic rings. The van der Waals surface area contributed by atoms with Crippen LogP contribution in [0.5, 0.6) is 0 Å². The van der Waals surface area contributed by atoms with Crippen LogP contribution in [0.3, 0.4) is 0 Å². The van der Waals surface area contributed by atoms with Gasteiger partial charge in [-0.25, -0.2) is 0 Å². The van der Waals surface area contributed by atoms with E-state index in [2.05, 4.69) is 10.3 Å². The molecule has 94 valence electrons. The van der Waals surface area contributed by atoms with Crippen molar-refractivity contribution < 1.29 is 9.53 Å². The van der Waals surface area contributed by atoms with Crippen LogP contribution < -0.4 is 10.9 Å². The highest BCUT2D eigenvalue weighted by Crippen LogP contribution is 1.99. The van der Waals surface area contributed by atoms with Crippen LogP contribution in [0.1, 0.15) is 16.8 Å². The lowest BCUT2D eigenvalue weighted by Gasteiger charge is -2.16. The Morgan fingerprint density at radius 2 is 2.35 bits per heavy atom. The van der Waals surface area contributed by atoms with E-state index in [-0.39, 0.29) is 17.5 Å². The maximum Gasteiger partial charge on any atom is 0.253 e. The molecule has 1 aromatic heterocycles. The maximum atomic E-state index is 11.8. The number of amides is 1. The second-order valence-electron chi connectivity index (χ2n) is 3.54. The van der Waals surface area contributed by atoms with E-state index in [4.69, 9.17) is 16.3 Å². The summed E-state index contributed by atoms with van der Waals surface area (Å²) < 4.78 is 4.98. The fourth-order valence-corrected chi connectivity index (χ4v) is 1.61. The summed E-state index contributed by atoms with van der Waals surface area (Å²) in [6, 6.07) is 2.65. The van der Waals surface area contributed by atoms with Crippen molar-refractivity contribution in [1.29, 1.82) is 0 Å². The smallest absolute Gasteiger partial charge is 0.253 e. The van der Waals surface area contributed by atoms with Crippen LogP contribution in [0, 0.1) is 0 Å². The van der Waals surface area contributed by atoms with Gasteiger partial charge in [0, 0.05) is 25.3 Å². The Hall–Kier alpha value is -1.33. The molecule has 1 atom stereocenters. The van der Waals surface area contributed by atoms with E-state index in [1.807, 2.05) is 0 Å². The minimum absolute atomic E-state index is 0.128. The fraction of sp³-hybridized carbons (Fsp3) is 0.455. The minimum Gasteiger partial charge on any atom is -0.383 e. The van der Waals surface area contributed by atoms with Crippen LogP contribution in [-0.4, -0.2) is 36.5 Å². The van der Waals surface area contributed by atoms with E-state index >= 15 is 0 Å². The molecule has 0 spiro atoms. The Morgan fingerprint density at radius 1 is 1.59 bits per heavy atom. The maximum absolute atomic E-state index is 11.8. The van der Waals surface area contributed by atoms with E-state index in [1.54, 1.807) is 7.11 Å². The highest BCUT2D eigenvalue weighted by molar-refractivity contribution is 6.17. The van der Waals surface area contributed by atoms with Crippen molar-refractivity contribution in [2.45, 2.75) is 12.5 Å². The molecule has 1 rings (SSSR count). The summed E-state index contributed by atoms with van der Waals surface area (Å²) >= 11 is 5.63. The highest BCUT2D eigenvalue weighted by Gasteiger charge is 2.13. The van der Waals surface area contributed by atoms with E-state index in [1.165, 1.54) is 18.3 Å². The fourth-order valence-electron chi connectivity index (χ4n) is 1.35. The van der Waals surface area contributed by atoms with Gasteiger partial charge in [0.05, 0.1) is 18.2 Å². The molecule has 0 bridgehead atoms. The third-order valence-electron chi connectivity index (χ3n) is 2.21. The van der Waals surface area contributed by atoms with Crippen molar-refractivity contribution in [2.75, 3.05) is 19.6 Å². The summed E-state index contributed by atoms with van der Waals surface area (Å²) in [5.41, 5.74) is 0.163. The van der Waals surface area contributed by atoms with Crippen molar-refractivity contribution >= 4 is 17.5 Å². The van der Waals surface area contributed by atoms with E-state index in [0.717, 1.165) is 0 Å². The number of alkyl halides is 1. The quantitative estimate of drug-likeness (QED) is 0.740. The molecule has 0 aliphatic rings. The first kappa shape index (κ1) is 13.7. The zero-order valence-electron chi connectivity index (χ0n) is 9.53. The van der Waals surface area contributed by atoms with Crippen LogP contribution in [0.15, 0.2) is 23.1 Å². The number of carbonyl (C=O) groups excluding carboxylic acids is 1. The van der Waals surface area contributed by atoms with Gasteiger partial charge in [0.25, 0.3) is 5.91 Å². The van der Waals surface area contributed by atoms with Crippen molar-refractivity contribution in [3.8, 4) is 0 Å². The molecule has 17 heavy (non-hydrogen) atoms. The van der Waals surface area contributed by atoms with Crippen LogP contribution in [0.2, 0.25) is 0 Å². The van der Waals surface area contributed by atoms with E-state index in [9.17, 15) is 9.59 Å². The molecule has 0 radical (unpaired) electrons. The molecule has 0 aromatic carbocycles. The zero-order valence-corrected chi connectivity index (χ0v) is 10.3. The second kappa shape index (κ2) is 7.09. The first-order valence-electron chi connectivity index (χ1n) is 5.22. The van der Waals surface area contributed by atoms with Crippen LogP contribution >= 0.6 is 11.6 Å². The Bertz CT molecular complexity index is 393. The average Bonchev–Trinajstić information content (AvgIpc) is 2.30. The zero-order chi connectivity index (χ0) is 12.7. The molecule has 5 nitrogen and oxygen atoms in total. The molecule has 1 unspecified atom stereocenters. The number of hydrogen-bond acceptors (Lipinski definition) is 3. The summed E-state index contributed by atoms with van der Waals surface area (Å²) in [4.78, 5) is 25.1. The number of hydrogen-bond donors (Lipinski definition) is 2. The predicted molar refractivity (Wildman–Crippen MR) is 65.5 cm³/mol. The Morgan fingerprint density at radius 3 is 2.88 bits per heavy atom. The number of aromatic nitrogens is 1. The van der Waals surface area contributed by atoms with Gasteiger partial charge < -0.3 is 15.0 Å². The molecule has 2 N–H and O–H groups in total. The number of rotatable bonds is 6. The molecule has 1 heterocycles. The number of methoxy groups -OCH3 is 1. The van der Waals surface area contributed by atoms with Crippen LogP contribution in [0.4, 0.5) is 0 Å². The molecular formula is C11H15ClN2O3. The summed E-state index contributed by atoms with van der Waals surface area (Å²) in [5, 5.41) is 2.78. The summed E-state index contributed by atoms with van der Waals surface area (Å²) in [6.07, 6.45) is 2.01. The van der Waals surface area contributed by atoms with Gasteiger partial charge >= 0.3 is 0 Å². The van der Waals surface area contributed by atoms with E-state index in [0.29, 0.717) is 24.5 Å². The number of carbonyl (C=O) groups is 1. The molecule has 0 aliphatic heterocycles. The standard InChI is InChI=1S/C11H15ClN2O3/c1-17-7-9(4-5-12)14-11(16)8-2-3-10(15)13-6-8/h2-3,6,9H,4-5,7H2,1H3,(H,13,15)(H,14,16). The van der Waals surface area contributed by atoms with E-state index < -0.39 is 0 Å². The van der Waals surface area contributed by atoms with Crippen molar-refractivity contribution in [1.82, 2.24) is 10.3 Å². The lowest BCUT2D eigenvalue weighted by Crippen LogP contribution is -2.38. The molecule has 6 heteroatoms. The normalized spacial score (nSPS) is 12.1.